The molecule has 0 radical (unpaired) electrons. The standard InChI is InChI=1S/C48H37NS/c1-47(2)40-19-8-6-16-35(40)38-29-33(24-25-42(38)47)49(43-21-12-18-37-34-15-5-9-20-41(34)48(3,4)46(37)43)32-14-11-13-30(27-32)31-23-26-45-39(28-31)36-17-7-10-22-44(36)50-45/h5-29H,1-4H3. The minimum Gasteiger partial charge on any atom is -0.310 e. The summed E-state index contributed by atoms with van der Waals surface area (Å²) in [6, 6.07) is 56.8. The lowest BCUT2D eigenvalue weighted by Crippen LogP contribution is -2.21. The molecule has 240 valence electrons. The van der Waals surface area contributed by atoms with E-state index in [-0.39, 0.29) is 10.8 Å². The maximum Gasteiger partial charge on any atom is 0.0508 e. The molecule has 0 aliphatic heterocycles. The minimum atomic E-state index is -0.158. The van der Waals surface area contributed by atoms with Crippen LogP contribution in [0.2, 0.25) is 0 Å². The average molecular weight is 660 g/mol. The van der Waals surface area contributed by atoms with Crippen LogP contribution >= 0.6 is 11.3 Å². The number of rotatable bonds is 4. The summed E-state index contributed by atoms with van der Waals surface area (Å²) in [5.41, 5.74) is 16.7. The number of benzene rings is 7. The molecule has 0 atom stereocenters. The summed E-state index contributed by atoms with van der Waals surface area (Å²) in [6.07, 6.45) is 0. The molecule has 0 saturated carbocycles. The molecule has 2 aliphatic rings. The normalized spacial score (nSPS) is 14.7. The summed E-state index contributed by atoms with van der Waals surface area (Å²) >= 11 is 1.87. The molecule has 1 nitrogen and oxygen atoms in total. The van der Waals surface area contributed by atoms with E-state index >= 15 is 0 Å². The molecule has 8 aromatic rings. The van der Waals surface area contributed by atoms with Gasteiger partial charge in [-0.25, -0.2) is 0 Å². The molecule has 2 aliphatic carbocycles. The molecule has 7 aromatic carbocycles. The fourth-order valence-electron chi connectivity index (χ4n) is 9.01. The number of anilines is 3. The van der Waals surface area contributed by atoms with Gasteiger partial charge in [0.2, 0.25) is 0 Å². The first-order valence-corrected chi connectivity index (χ1v) is 18.4. The Morgan fingerprint density at radius 1 is 0.420 bits per heavy atom. The third-order valence-electron chi connectivity index (χ3n) is 11.4. The van der Waals surface area contributed by atoms with Crippen molar-refractivity contribution in [3.63, 3.8) is 0 Å². The van der Waals surface area contributed by atoms with Gasteiger partial charge in [-0.2, -0.15) is 0 Å². The second kappa shape index (κ2) is 10.5. The lowest BCUT2D eigenvalue weighted by Gasteiger charge is -2.33. The van der Waals surface area contributed by atoms with Crippen LogP contribution in [0.1, 0.15) is 49.9 Å². The molecule has 2 heteroatoms. The van der Waals surface area contributed by atoms with E-state index in [9.17, 15) is 0 Å². The van der Waals surface area contributed by atoms with Gasteiger partial charge in [-0.15, -0.1) is 11.3 Å². The zero-order valence-corrected chi connectivity index (χ0v) is 29.6. The van der Waals surface area contributed by atoms with Crippen molar-refractivity contribution in [1.29, 1.82) is 0 Å². The molecule has 10 rings (SSSR count). The van der Waals surface area contributed by atoms with Gasteiger partial charge in [-0.1, -0.05) is 131 Å². The van der Waals surface area contributed by atoms with E-state index in [2.05, 4.69) is 184 Å². The summed E-state index contributed by atoms with van der Waals surface area (Å²) in [5, 5.41) is 2.65. The van der Waals surface area contributed by atoms with Crippen LogP contribution in [0.5, 0.6) is 0 Å². The van der Waals surface area contributed by atoms with Gasteiger partial charge in [0.1, 0.15) is 0 Å². The molecule has 0 bridgehead atoms. The van der Waals surface area contributed by atoms with Crippen LogP contribution in [0.15, 0.2) is 152 Å². The largest absolute Gasteiger partial charge is 0.310 e. The van der Waals surface area contributed by atoms with Crippen molar-refractivity contribution in [2.45, 2.75) is 38.5 Å². The lowest BCUT2D eigenvalue weighted by molar-refractivity contribution is 0.660. The van der Waals surface area contributed by atoms with Gasteiger partial charge < -0.3 is 4.90 Å². The topological polar surface area (TPSA) is 3.24 Å². The third-order valence-corrected chi connectivity index (χ3v) is 12.6. The van der Waals surface area contributed by atoms with Crippen molar-refractivity contribution in [1.82, 2.24) is 0 Å². The molecule has 0 N–H and O–H groups in total. The smallest absolute Gasteiger partial charge is 0.0508 e. The highest BCUT2D eigenvalue weighted by Crippen LogP contribution is 2.56. The molecule has 0 unspecified atom stereocenters. The number of thiophene rings is 1. The average Bonchev–Trinajstić information content (AvgIpc) is 3.72. The fourth-order valence-corrected chi connectivity index (χ4v) is 10.1. The Balaban J connectivity index is 1.20. The van der Waals surface area contributed by atoms with Gasteiger partial charge in [0, 0.05) is 42.4 Å². The maximum atomic E-state index is 2.52. The second-order valence-electron chi connectivity index (χ2n) is 15.0. The molecule has 0 fully saturated rings. The van der Waals surface area contributed by atoms with Crippen LogP contribution in [0.25, 0.3) is 53.6 Å². The highest BCUT2D eigenvalue weighted by Gasteiger charge is 2.40. The summed E-state index contributed by atoms with van der Waals surface area (Å²) in [4.78, 5) is 2.52. The monoisotopic (exact) mass is 659 g/mol. The van der Waals surface area contributed by atoms with Crippen molar-refractivity contribution in [2.24, 2.45) is 0 Å². The van der Waals surface area contributed by atoms with Crippen molar-refractivity contribution >= 4 is 48.6 Å². The highest BCUT2D eigenvalue weighted by molar-refractivity contribution is 7.25. The lowest BCUT2D eigenvalue weighted by atomic mass is 9.81. The Bertz CT molecular complexity index is 2670. The molecular formula is C48H37NS. The molecule has 0 spiro atoms. The van der Waals surface area contributed by atoms with Crippen molar-refractivity contribution in [3.05, 3.63) is 174 Å². The first-order valence-electron chi connectivity index (χ1n) is 17.6. The third kappa shape index (κ3) is 4.12. The highest BCUT2D eigenvalue weighted by atomic mass is 32.1. The van der Waals surface area contributed by atoms with Crippen molar-refractivity contribution in [2.75, 3.05) is 4.90 Å². The molecule has 50 heavy (non-hydrogen) atoms. The molecule has 1 aromatic heterocycles. The first kappa shape index (κ1) is 29.5. The Morgan fingerprint density at radius 3 is 1.88 bits per heavy atom. The summed E-state index contributed by atoms with van der Waals surface area (Å²) in [7, 11) is 0. The van der Waals surface area contributed by atoms with Crippen LogP contribution in [-0.4, -0.2) is 0 Å². The van der Waals surface area contributed by atoms with Crippen LogP contribution in [0, 0.1) is 0 Å². The molecular weight excluding hydrogens is 623 g/mol. The summed E-state index contributed by atoms with van der Waals surface area (Å²) < 4.78 is 2.67. The Morgan fingerprint density at radius 2 is 1.04 bits per heavy atom. The molecule has 1 heterocycles. The van der Waals surface area contributed by atoms with E-state index in [1.807, 2.05) is 11.3 Å². The van der Waals surface area contributed by atoms with Gasteiger partial charge >= 0.3 is 0 Å². The predicted molar refractivity (Wildman–Crippen MR) is 215 cm³/mol. The zero-order valence-electron chi connectivity index (χ0n) is 28.8. The zero-order chi connectivity index (χ0) is 33.8. The Hall–Kier alpha value is -5.44. The van der Waals surface area contributed by atoms with Gasteiger partial charge in [-0.3, -0.25) is 0 Å². The minimum absolute atomic E-state index is 0.0443. The SMILES string of the molecule is CC1(C)c2ccccc2-c2cc(N(c3cccc(-c4ccc5sc6ccccc6c5c4)c3)c3cccc4c3C(C)(C)c3ccccc3-4)ccc21. The number of hydrogen-bond donors (Lipinski definition) is 0. The van der Waals surface area contributed by atoms with E-state index in [4.69, 9.17) is 0 Å². The van der Waals surface area contributed by atoms with Crippen molar-refractivity contribution in [3.8, 4) is 33.4 Å². The quantitative estimate of drug-likeness (QED) is 0.182. The number of nitrogens with zero attached hydrogens (tertiary/aromatic N) is 1. The maximum absolute atomic E-state index is 2.52. The van der Waals surface area contributed by atoms with E-state index in [0.717, 1.165) is 5.69 Å². The second-order valence-corrected chi connectivity index (χ2v) is 16.0. The Kier molecular flexibility index (Phi) is 6.21. The van der Waals surface area contributed by atoms with Gasteiger partial charge in [0.05, 0.1) is 5.69 Å². The van der Waals surface area contributed by atoms with E-state index in [1.54, 1.807) is 0 Å². The molecule has 0 saturated heterocycles. The van der Waals surface area contributed by atoms with Crippen LogP contribution in [0.3, 0.4) is 0 Å². The van der Waals surface area contributed by atoms with Gasteiger partial charge in [-0.05, 0) is 104 Å². The van der Waals surface area contributed by atoms with E-state index in [1.165, 1.54) is 87.2 Å². The number of hydrogen-bond acceptors (Lipinski definition) is 2. The van der Waals surface area contributed by atoms with Crippen LogP contribution in [0.4, 0.5) is 17.1 Å². The summed E-state index contributed by atoms with van der Waals surface area (Å²) in [5.74, 6) is 0. The molecule has 0 amide bonds. The van der Waals surface area contributed by atoms with Gasteiger partial charge in [0.25, 0.3) is 0 Å². The van der Waals surface area contributed by atoms with Crippen LogP contribution in [-0.2, 0) is 10.8 Å². The van der Waals surface area contributed by atoms with Gasteiger partial charge in [0.15, 0.2) is 0 Å². The predicted octanol–water partition coefficient (Wildman–Crippen LogP) is 13.8. The Labute approximate surface area is 298 Å². The van der Waals surface area contributed by atoms with E-state index < -0.39 is 0 Å². The van der Waals surface area contributed by atoms with Crippen LogP contribution < -0.4 is 4.90 Å². The number of fused-ring (bicyclic) bond motifs is 9. The van der Waals surface area contributed by atoms with E-state index in [0.29, 0.717) is 0 Å². The fraction of sp³-hybridized carbons (Fsp3) is 0.125. The van der Waals surface area contributed by atoms with Crippen molar-refractivity contribution < 1.29 is 0 Å². The first-order chi connectivity index (χ1) is 24.3. The summed E-state index contributed by atoms with van der Waals surface area (Å²) in [6.45, 7) is 9.49.